The Morgan fingerprint density at radius 2 is 1.27 bits per heavy atom. The van der Waals surface area contributed by atoms with Crippen molar-refractivity contribution in [2.75, 3.05) is 0 Å². The van der Waals surface area contributed by atoms with Gasteiger partial charge in [-0.2, -0.15) is 0 Å². The molecule has 0 saturated carbocycles. The Hall–Kier alpha value is -4.89. The van der Waals surface area contributed by atoms with Gasteiger partial charge in [-0.05, 0) is 86.3 Å². The summed E-state index contributed by atoms with van der Waals surface area (Å²) in [6, 6.07) is 30.2. The second-order valence-electron chi connectivity index (χ2n) is 13.6. The highest BCUT2D eigenvalue weighted by Crippen LogP contribution is 2.43. The summed E-state index contributed by atoms with van der Waals surface area (Å²) in [6.07, 6.45) is 3.57. The minimum atomic E-state index is -1.05. The van der Waals surface area contributed by atoms with Crippen molar-refractivity contribution in [3.8, 4) is 39.3 Å². The van der Waals surface area contributed by atoms with Crippen molar-refractivity contribution in [3.63, 3.8) is 0 Å². The molecule has 2 aromatic heterocycles. The zero-order valence-electron chi connectivity index (χ0n) is 34.1. The number of para-hydroxylation sites is 2. The Morgan fingerprint density at radius 1 is 0.625 bits per heavy atom. The van der Waals surface area contributed by atoms with Gasteiger partial charge in [0.25, 0.3) is 0 Å². The topological polar surface area (TPSA) is 31.0 Å². The molecule has 7 rings (SSSR count). The average Bonchev–Trinajstić information content (AvgIpc) is 3.71. The van der Waals surface area contributed by atoms with Gasteiger partial charge in [0.1, 0.15) is 17.0 Å². The molecule has 7 aromatic rings. The summed E-state index contributed by atoms with van der Waals surface area (Å²) in [7, 11) is 0. The monoisotopic (exact) mass is 635 g/mol. The highest BCUT2D eigenvalue weighted by Gasteiger charge is 2.23. The fourth-order valence-corrected chi connectivity index (χ4v) is 6.86. The van der Waals surface area contributed by atoms with Crippen LogP contribution in [0.2, 0.25) is 0 Å². The first-order chi connectivity index (χ1) is 24.7. The quantitative estimate of drug-likeness (QED) is 0.166. The smallest absolute Gasteiger partial charge is 0.148 e. The molecule has 0 spiro atoms. The predicted molar refractivity (Wildman–Crippen MR) is 204 cm³/mol. The van der Waals surface area contributed by atoms with Crippen LogP contribution in [-0.4, -0.2) is 9.55 Å². The molecule has 0 N–H and O–H groups in total. The van der Waals surface area contributed by atoms with Gasteiger partial charge >= 0.3 is 0 Å². The molecule has 3 heteroatoms. The maximum atomic E-state index is 9.26. The van der Waals surface area contributed by atoms with Crippen LogP contribution in [0, 0.1) is 0 Å². The molecule has 0 saturated heterocycles. The van der Waals surface area contributed by atoms with Crippen molar-refractivity contribution < 1.29 is 11.3 Å². The van der Waals surface area contributed by atoms with Crippen molar-refractivity contribution in [2.45, 2.75) is 79.0 Å². The Labute approximate surface area is 292 Å². The summed E-state index contributed by atoms with van der Waals surface area (Å²) in [5.74, 6) is -3.40. The minimum absolute atomic E-state index is 0.264. The van der Waals surface area contributed by atoms with E-state index < -0.39 is 23.6 Å². The maximum absolute atomic E-state index is 9.26. The number of fused-ring (bicyclic) bond motifs is 3. The zero-order valence-corrected chi connectivity index (χ0v) is 29.1. The van der Waals surface area contributed by atoms with Gasteiger partial charge < -0.3 is 4.42 Å². The van der Waals surface area contributed by atoms with Gasteiger partial charge in [0.2, 0.25) is 0 Å². The number of imidazole rings is 1. The number of furan rings is 1. The lowest BCUT2D eigenvalue weighted by Gasteiger charge is -2.22. The third kappa shape index (κ3) is 5.46. The van der Waals surface area contributed by atoms with E-state index in [-0.39, 0.29) is 6.04 Å². The Morgan fingerprint density at radius 3 is 1.90 bits per heavy atom. The molecule has 3 nitrogen and oxygen atoms in total. The van der Waals surface area contributed by atoms with Gasteiger partial charge in [-0.15, -0.1) is 0 Å². The molecule has 0 radical (unpaired) electrons. The molecule has 2 heterocycles. The standard InChI is InChI=1S/C45H46N2O/c1-27(2)34-16-12-17-35(28(3)4)43(34)47-23-22-46-45(47)38-19-13-18-37-36-21-20-32(26-41(36)48-44(37)38)42-39(29(5)6)24-33(25-40(42)30(7)8)31-14-10-9-11-15-31/h9-30H,1-8H3/i12D,27D,28D,29D,30D. The zero-order chi connectivity index (χ0) is 38.2. The van der Waals surface area contributed by atoms with Crippen LogP contribution in [0.25, 0.3) is 61.3 Å². The normalized spacial score (nSPS) is 14.5. The number of rotatable bonds is 8. The Bertz CT molecular complexity index is 2430. The summed E-state index contributed by atoms with van der Waals surface area (Å²) < 4.78 is 53.8. The van der Waals surface area contributed by atoms with Crippen molar-refractivity contribution in [1.82, 2.24) is 9.55 Å². The number of hydrogen-bond donors (Lipinski definition) is 0. The highest BCUT2D eigenvalue weighted by molar-refractivity contribution is 6.10. The summed E-state index contributed by atoms with van der Waals surface area (Å²) >= 11 is 0. The largest absolute Gasteiger partial charge is 0.455 e. The van der Waals surface area contributed by atoms with Crippen LogP contribution < -0.4 is 0 Å². The summed E-state index contributed by atoms with van der Waals surface area (Å²) in [4.78, 5) is 4.82. The molecule has 5 aromatic carbocycles. The van der Waals surface area contributed by atoms with Crippen LogP contribution in [0.1, 0.15) is 108 Å². The van der Waals surface area contributed by atoms with E-state index in [1.165, 1.54) is 0 Å². The molecule has 0 bridgehead atoms. The first-order valence-corrected chi connectivity index (χ1v) is 16.6. The average molecular weight is 636 g/mol. The molecule has 0 aliphatic rings. The summed E-state index contributed by atoms with van der Waals surface area (Å²) in [5.41, 5.74) is 9.51. The second kappa shape index (κ2) is 12.6. The van der Waals surface area contributed by atoms with Gasteiger partial charge in [-0.3, -0.25) is 4.57 Å². The van der Waals surface area contributed by atoms with Gasteiger partial charge in [0.15, 0.2) is 0 Å². The second-order valence-corrected chi connectivity index (χ2v) is 13.6. The van der Waals surface area contributed by atoms with Crippen LogP contribution >= 0.6 is 0 Å². The van der Waals surface area contributed by atoms with Crippen molar-refractivity contribution in [1.29, 1.82) is 0 Å². The third-order valence-electron chi connectivity index (χ3n) is 9.28. The molecule has 242 valence electrons. The third-order valence-corrected chi connectivity index (χ3v) is 9.28. The SMILES string of the molecule is [2H]c1cc(C([2H])(C)C)c(-n2ccnc2-c2cccc3c2oc2cc(-c4c(C([2H])(C)C)cc(-c5ccccc5)cc4C([2H])(C)C)ccc23)c(C([2H])(C)C)c1. The van der Waals surface area contributed by atoms with E-state index in [2.05, 4.69) is 36.4 Å². The van der Waals surface area contributed by atoms with Crippen LogP contribution in [0.3, 0.4) is 0 Å². The first kappa shape index (κ1) is 26.1. The van der Waals surface area contributed by atoms with E-state index in [9.17, 15) is 2.74 Å². The van der Waals surface area contributed by atoms with Crippen molar-refractivity contribution >= 4 is 21.9 Å². The molecule has 0 aliphatic carbocycles. The summed E-state index contributed by atoms with van der Waals surface area (Å²) in [6.45, 7) is 14.8. The number of hydrogen-bond acceptors (Lipinski definition) is 2. The minimum Gasteiger partial charge on any atom is -0.455 e. The first-order valence-electron chi connectivity index (χ1n) is 19.1. The fourth-order valence-electron chi connectivity index (χ4n) is 6.86. The highest BCUT2D eigenvalue weighted by atomic mass is 16.3. The van der Waals surface area contributed by atoms with Crippen LogP contribution in [0.4, 0.5) is 0 Å². The van der Waals surface area contributed by atoms with E-state index in [1.54, 1.807) is 46.0 Å². The Kier molecular flexibility index (Phi) is 6.86. The van der Waals surface area contributed by atoms with Gasteiger partial charge in [-0.25, -0.2) is 4.98 Å². The fraction of sp³-hybridized carbons (Fsp3) is 0.267. The van der Waals surface area contributed by atoms with E-state index in [0.717, 1.165) is 49.7 Å². The van der Waals surface area contributed by atoms with E-state index in [1.807, 2.05) is 80.9 Å². The van der Waals surface area contributed by atoms with Gasteiger partial charge in [0.05, 0.1) is 12.6 Å². The number of benzene rings is 5. The molecule has 48 heavy (non-hydrogen) atoms. The van der Waals surface area contributed by atoms with Crippen LogP contribution in [-0.2, 0) is 0 Å². The van der Waals surface area contributed by atoms with Crippen molar-refractivity contribution in [2.24, 2.45) is 0 Å². The predicted octanol–water partition coefficient (Wildman–Crippen LogP) is 13.3. The molecule has 0 atom stereocenters. The van der Waals surface area contributed by atoms with Crippen LogP contribution in [0.15, 0.2) is 114 Å². The van der Waals surface area contributed by atoms with E-state index in [4.69, 9.17) is 13.5 Å². The Balaban J connectivity index is 1.46. The van der Waals surface area contributed by atoms with Gasteiger partial charge in [-0.1, -0.05) is 134 Å². The molecule has 0 amide bonds. The molecule has 0 fully saturated rings. The van der Waals surface area contributed by atoms with Crippen molar-refractivity contribution in [3.05, 3.63) is 132 Å². The van der Waals surface area contributed by atoms with Gasteiger partial charge in [0, 0.05) is 28.6 Å². The molecule has 0 unspecified atom stereocenters. The van der Waals surface area contributed by atoms with E-state index in [0.29, 0.717) is 33.8 Å². The number of aromatic nitrogens is 2. The lowest BCUT2D eigenvalue weighted by molar-refractivity contribution is 0.669. The molecular formula is C45H46N2O. The summed E-state index contributed by atoms with van der Waals surface area (Å²) in [5, 5.41) is 1.85. The van der Waals surface area contributed by atoms with Crippen LogP contribution in [0.5, 0.6) is 0 Å². The maximum Gasteiger partial charge on any atom is 0.148 e. The van der Waals surface area contributed by atoms with E-state index >= 15 is 0 Å². The lowest BCUT2D eigenvalue weighted by atomic mass is 9.82. The molecule has 0 aliphatic heterocycles. The number of nitrogens with zero attached hydrogens (tertiary/aromatic N) is 2. The molecular weight excluding hydrogens is 585 g/mol. The lowest BCUT2D eigenvalue weighted by Crippen LogP contribution is -2.07.